The molecule has 1 heterocycles. The Hall–Kier alpha value is -2.68. The molecular weight excluding hydrogens is 395 g/mol. The maximum atomic E-state index is 14.1. The van der Waals surface area contributed by atoms with Crippen molar-refractivity contribution in [2.75, 3.05) is 26.0 Å². The highest BCUT2D eigenvalue weighted by Crippen LogP contribution is 2.38. The molecule has 0 aliphatic carbocycles. The number of halogens is 1. The maximum Gasteiger partial charge on any atom is 0.306 e. The van der Waals surface area contributed by atoms with E-state index >= 15 is 0 Å². The molecule has 0 amide bonds. The zero-order valence-corrected chi connectivity index (χ0v) is 17.2. The lowest BCUT2D eigenvalue weighted by Gasteiger charge is -2.37. The molecule has 0 radical (unpaired) electrons. The normalized spacial score (nSPS) is 19.0. The summed E-state index contributed by atoms with van der Waals surface area (Å²) in [4.78, 5) is 0. The minimum absolute atomic E-state index is 0.0312. The lowest BCUT2D eigenvalue weighted by Crippen LogP contribution is -2.56. The van der Waals surface area contributed by atoms with Crippen LogP contribution in [0.1, 0.15) is 6.92 Å². The van der Waals surface area contributed by atoms with Crippen molar-refractivity contribution in [1.82, 2.24) is 3.89 Å². The monoisotopic (exact) mass is 419 g/mol. The summed E-state index contributed by atoms with van der Waals surface area (Å²) in [6, 6.07) is 10.9. The summed E-state index contributed by atoms with van der Waals surface area (Å²) in [6.45, 7) is 1.97. The molecule has 0 saturated heterocycles. The quantitative estimate of drug-likeness (QED) is 0.693. The van der Waals surface area contributed by atoms with Crippen molar-refractivity contribution in [2.24, 2.45) is 5.73 Å². The molecular formula is C21H24FN2O4S+. The standard InChI is InChI=1S/C21H24FN2O4S/c1-3-29(25,26)24(14-5-4-7-17(24)15-23)16-10-12-18(13-11-16)28-21-19(22)8-6-9-20(21)27-2/h4-13H,3,14-15,23H2,1-2H3/q+1. The van der Waals surface area contributed by atoms with Gasteiger partial charge in [-0.15, -0.1) is 0 Å². The van der Waals surface area contributed by atoms with Crippen LogP contribution in [0.15, 0.2) is 66.4 Å². The molecule has 0 aromatic heterocycles. The largest absolute Gasteiger partial charge is 0.493 e. The van der Waals surface area contributed by atoms with Crippen molar-refractivity contribution >= 4 is 15.7 Å². The van der Waals surface area contributed by atoms with Gasteiger partial charge in [0.15, 0.2) is 17.3 Å². The summed E-state index contributed by atoms with van der Waals surface area (Å²) in [5.41, 5.74) is 7.01. The Morgan fingerprint density at radius 2 is 1.90 bits per heavy atom. The number of nitrogens with two attached hydrogens (primary N) is 1. The molecule has 0 fully saturated rings. The van der Waals surface area contributed by atoms with Crippen molar-refractivity contribution in [1.29, 1.82) is 0 Å². The molecule has 1 aliphatic heterocycles. The number of hydrogen-bond donors (Lipinski definition) is 1. The van der Waals surface area contributed by atoms with Gasteiger partial charge in [-0.1, -0.05) is 12.1 Å². The van der Waals surface area contributed by atoms with Crippen LogP contribution in [0, 0.1) is 5.82 Å². The van der Waals surface area contributed by atoms with Gasteiger partial charge in [0.2, 0.25) is 5.75 Å². The number of benzene rings is 2. The van der Waals surface area contributed by atoms with Crippen LogP contribution >= 0.6 is 0 Å². The molecule has 29 heavy (non-hydrogen) atoms. The maximum absolute atomic E-state index is 14.1. The number of allylic oxidation sites excluding steroid dienone is 2. The molecule has 0 saturated carbocycles. The molecule has 8 heteroatoms. The smallest absolute Gasteiger partial charge is 0.306 e. The van der Waals surface area contributed by atoms with Crippen molar-refractivity contribution in [3.63, 3.8) is 0 Å². The second-order valence-corrected chi connectivity index (χ2v) is 8.81. The third-order valence-electron chi connectivity index (χ3n) is 4.92. The van der Waals surface area contributed by atoms with Crippen LogP contribution < -0.4 is 19.1 Å². The first kappa shape index (κ1) is 21.0. The molecule has 0 bridgehead atoms. The Kier molecular flexibility index (Phi) is 6.07. The van der Waals surface area contributed by atoms with Crippen LogP contribution in [0.5, 0.6) is 17.2 Å². The molecule has 154 valence electrons. The first-order valence-electron chi connectivity index (χ1n) is 9.18. The lowest BCUT2D eigenvalue weighted by atomic mass is 10.2. The first-order chi connectivity index (χ1) is 13.9. The average Bonchev–Trinajstić information content (AvgIpc) is 2.75. The van der Waals surface area contributed by atoms with Gasteiger partial charge in [0.25, 0.3) is 0 Å². The zero-order valence-electron chi connectivity index (χ0n) is 16.3. The SMILES string of the molecule is CCS(=O)(=O)[N+]1(c2ccc(Oc3c(F)cccc3OC)cc2)CC=CC=C1CN. The van der Waals surface area contributed by atoms with E-state index in [0.717, 1.165) is 0 Å². The van der Waals surface area contributed by atoms with E-state index in [0.29, 0.717) is 17.1 Å². The molecule has 0 spiro atoms. The number of para-hydroxylation sites is 1. The van der Waals surface area contributed by atoms with E-state index in [9.17, 15) is 12.8 Å². The summed E-state index contributed by atoms with van der Waals surface area (Å²) in [5, 5.41) is 0. The highest BCUT2D eigenvalue weighted by Gasteiger charge is 2.46. The number of methoxy groups -OCH3 is 1. The molecule has 1 unspecified atom stereocenters. The predicted molar refractivity (Wildman–Crippen MR) is 112 cm³/mol. The summed E-state index contributed by atoms with van der Waals surface area (Å²) < 4.78 is 50.8. The van der Waals surface area contributed by atoms with E-state index in [1.54, 1.807) is 49.4 Å². The van der Waals surface area contributed by atoms with Crippen molar-refractivity contribution in [3.05, 3.63) is 72.2 Å². The van der Waals surface area contributed by atoms with Gasteiger partial charge in [-0.05, 0) is 43.3 Å². The predicted octanol–water partition coefficient (Wildman–Crippen LogP) is 3.70. The van der Waals surface area contributed by atoms with E-state index in [1.807, 2.05) is 6.08 Å². The van der Waals surface area contributed by atoms with E-state index in [1.165, 1.54) is 19.2 Å². The van der Waals surface area contributed by atoms with Crippen LogP contribution in [-0.4, -0.2) is 34.4 Å². The third-order valence-corrected chi connectivity index (χ3v) is 7.20. The molecule has 1 aliphatic rings. The van der Waals surface area contributed by atoms with Crippen LogP contribution in [0.25, 0.3) is 0 Å². The fourth-order valence-corrected chi connectivity index (χ4v) is 5.10. The van der Waals surface area contributed by atoms with Crippen molar-refractivity contribution in [2.45, 2.75) is 6.92 Å². The molecule has 2 aromatic rings. The van der Waals surface area contributed by atoms with Crippen LogP contribution in [0.4, 0.5) is 10.1 Å². The summed E-state index contributed by atoms with van der Waals surface area (Å²) in [6.07, 6.45) is 5.36. The van der Waals surface area contributed by atoms with Gasteiger partial charge in [0, 0.05) is 12.1 Å². The highest BCUT2D eigenvalue weighted by molar-refractivity contribution is 7.91. The van der Waals surface area contributed by atoms with Gasteiger partial charge in [-0.2, -0.15) is 12.3 Å². The van der Waals surface area contributed by atoms with E-state index < -0.39 is 15.8 Å². The Bertz CT molecular complexity index is 1050. The third kappa shape index (κ3) is 3.66. The van der Waals surface area contributed by atoms with Gasteiger partial charge >= 0.3 is 10.0 Å². The lowest BCUT2D eigenvalue weighted by molar-refractivity contribution is 0.364. The molecule has 1 atom stereocenters. The van der Waals surface area contributed by atoms with Gasteiger partial charge in [-0.3, -0.25) is 0 Å². The minimum Gasteiger partial charge on any atom is -0.493 e. The Labute approximate surface area is 170 Å². The number of hydrogen-bond acceptors (Lipinski definition) is 5. The fraction of sp³-hybridized carbons (Fsp3) is 0.238. The topological polar surface area (TPSA) is 78.6 Å². The van der Waals surface area contributed by atoms with Crippen LogP contribution in [0.2, 0.25) is 0 Å². The minimum atomic E-state index is -3.57. The summed E-state index contributed by atoms with van der Waals surface area (Å²) >= 11 is 0. The van der Waals surface area contributed by atoms with E-state index in [4.69, 9.17) is 15.2 Å². The molecule has 2 N–H and O–H groups in total. The number of sulfonamides is 1. The van der Waals surface area contributed by atoms with Gasteiger partial charge in [-0.25, -0.2) is 4.39 Å². The average molecular weight is 419 g/mol. The first-order valence-corrected chi connectivity index (χ1v) is 10.8. The molecule has 2 aromatic carbocycles. The second kappa shape index (κ2) is 8.36. The van der Waals surface area contributed by atoms with Gasteiger partial charge in [0.1, 0.15) is 18.0 Å². The summed E-state index contributed by atoms with van der Waals surface area (Å²) in [7, 11) is -2.14. The van der Waals surface area contributed by atoms with Crippen molar-refractivity contribution in [3.8, 4) is 17.2 Å². The number of ether oxygens (including phenoxy) is 2. The van der Waals surface area contributed by atoms with Crippen LogP contribution in [0.3, 0.4) is 0 Å². The van der Waals surface area contributed by atoms with Crippen molar-refractivity contribution < 1.29 is 22.3 Å². The molecule has 6 nitrogen and oxygen atoms in total. The fourth-order valence-electron chi connectivity index (χ4n) is 3.41. The van der Waals surface area contributed by atoms with E-state index in [2.05, 4.69) is 0 Å². The second-order valence-electron chi connectivity index (χ2n) is 6.45. The van der Waals surface area contributed by atoms with Gasteiger partial charge in [0.05, 0.1) is 19.4 Å². The van der Waals surface area contributed by atoms with E-state index in [-0.39, 0.29) is 34.2 Å². The molecule has 3 rings (SSSR count). The Morgan fingerprint density at radius 3 is 2.52 bits per heavy atom. The van der Waals surface area contributed by atoms with Crippen LogP contribution in [-0.2, 0) is 10.0 Å². The highest BCUT2D eigenvalue weighted by atomic mass is 32.2. The van der Waals surface area contributed by atoms with Gasteiger partial charge < -0.3 is 15.2 Å². The Morgan fingerprint density at radius 1 is 1.17 bits per heavy atom. The zero-order chi connectivity index (χ0) is 21.1. The number of rotatable bonds is 7. The summed E-state index contributed by atoms with van der Waals surface area (Å²) in [5.74, 6) is -0.00460. The Balaban J connectivity index is 2.02. The number of quaternary nitrogens is 1. The number of nitrogens with zero attached hydrogens (tertiary/aromatic N) is 1.